The number of carbonyl (C=O) groups is 2. The standard InChI is InChI=1S/C20H14O6/c21-15-5-1-3-13(19(15)25)17(23)11-7-9-12(10-8-11)18(24)14-4-2-6-16(22)20(14)26/h1-10,21-22,25-26H. The van der Waals surface area contributed by atoms with Crippen molar-refractivity contribution in [2.24, 2.45) is 0 Å². The average molecular weight is 350 g/mol. The van der Waals surface area contributed by atoms with Crippen LogP contribution in [0.1, 0.15) is 31.8 Å². The topological polar surface area (TPSA) is 115 Å². The van der Waals surface area contributed by atoms with Crippen LogP contribution in [0.15, 0.2) is 60.7 Å². The van der Waals surface area contributed by atoms with Crippen LogP contribution in [0, 0.1) is 0 Å². The highest BCUT2D eigenvalue weighted by molar-refractivity contribution is 6.13. The number of phenolic OH excluding ortho intramolecular Hbond substituents is 4. The molecule has 0 saturated heterocycles. The Balaban J connectivity index is 1.91. The lowest BCUT2D eigenvalue weighted by Crippen LogP contribution is -2.05. The molecule has 0 amide bonds. The summed E-state index contributed by atoms with van der Waals surface area (Å²) < 4.78 is 0. The van der Waals surface area contributed by atoms with E-state index in [0.29, 0.717) is 0 Å². The number of aromatic hydroxyl groups is 4. The van der Waals surface area contributed by atoms with Gasteiger partial charge in [-0.3, -0.25) is 9.59 Å². The maximum atomic E-state index is 12.4. The molecule has 0 aliphatic heterocycles. The van der Waals surface area contributed by atoms with E-state index in [2.05, 4.69) is 0 Å². The van der Waals surface area contributed by atoms with Crippen LogP contribution in [0.25, 0.3) is 0 Å². The number of carbonyl (C=O) groups excluding carboxylic acids is 2. The second-order valence-electron chi connectivity index (χ2n) is 5.58. The molecular formula is C20H14O6. The fourth-order valence-electron chi connectivity index (χ4n) is 2.51. The maximum absolute atomic E-state index is 12.4. The van der Waals surface area contributed by atoms with Gasteiger partial charge in [-0.1, -0.05) is 36.4 Å². The first-order valence-corrected chi connectivity index (χ1v) is 7.61. The largest absolute Gasteiger partial charge is 0.504 e. The van der Waals surface area contributed by atoms with Gasteiger partial charge in [0.25, 0.3) is 0 Å². The first-order valence-electron chi connectivity index (χ1n) is 7.61. The molecule has 4 N–H and O–H groups in total. The Hall–Kier alpha value is -3.80. The minimum atomic E-state index is -0.516. The quantitative estimate of drug-likeness (QED) is 0.425. The molecule has 6 nitrogen and oxygen atoms in total. The third-order valence-corrected chi connectivity index (χ3v) is 3.93. The summed E-state index contributed by atoms with van der Waals surface area (Å²) in [4.78, 5) is 24.9. The van der Waals surface area contributed by atoms with Gasteiger partial charge in [0, 0.05) is 11.1 Å². The minimum Gasteiger partial charge on any atom is -0.504 e. The zero-order valence-electron chi connectivity index (χ0n) is 13.4. The number of para-hydroxylation sites is 2. The van der Waals surface area contributed by atoms with Gasteiger partial charge in [0.2, 0.25) is 0 Å². The summed E-state index contributed by atoms with van der Waals surface area (Å²) in [5.41, 5.74) is 0.301. The predicted molar refractivity (Wildman–Crippen MR) is 92.9 cm³/mol. The fourth-order valence-corrected chi connectivity index (χ4v) is 2.51. The van der Waals surface area contributed by atoms with Crippen LogP contribution in [-0.2, 0) is 0 Å². The van der Waals surface area contributed by atoms with Gasteiger partial charge in [-0.25, -0.2) is 0 Å². The molecule has 0 saturated carbocycles. The highest BCUT2D eigenvalue weighted by Crippen LogP contribution is 2.31. The summed E-state index contributed by atoms with van der Waals surface area (Å²) in [6, 6.07) is 13.7. The molecule has 130 valence electrons. The molecule has 0 atom stereocenters. The maximum Gasteiger partial charge on any atom is 0.196 e. The molecule has 3 rings (SSSR count). The van der Waals surface area contributed by atoms with Crippen molar-refractivity contribution in [3.63, 3.8) is 0 Å². The van der Waals surface area contributed by atoms with E-state index >= 15 is 0 Å². The van der Waals surface area contributed by atoms with Gasteiger partial charge < -0.3 is 20.4 Å². The first-order chi connectivity index (χ1) is 12.4. The van der Waals surface area contributed by atoms with Crippen LogP contribution in [0.2, 0.25) is 0 Å². The van der Waals surface area contributed by atoms with Crippen LogP contribution in [0.3, 0.4) is 0 Å². The molecular weight excluding hydrogens is 336 g/mol. The normalized spacial score (nSPS) is 10.5. The van der Waals surface area contributed by atoms with Crippen LogP contribution >= 0.6 is 0 Å². The van der Waals surface area contributed by atoms with Gasteiger partial charge in [-0.05, 0) is 24.3 Å². The molecule has 0 bridgehead atoms. The molecule has 0 radical (unpaired) electrons. The van der Waals surface area contributed by atoms with Crippen LogP contribution in [-0.4, -0.2) is 32.0 Å². The van der Waals surface area contributed by atoms with Crippen molar-refractivity contribution in [1.82, 2.24) is 0 Å². The molecule has 0 aliphatic rings. The Kier molecular flexibility index (Phi) is 4.33. The summed E-state index contributed by atoms with van der Waals surface area (Å²) in [5, 5.41) is 38.6. The van der Waals surface area contributed by atoms with Crippen LogP contribution in [0.5, 0.6) is 23.0 Å². The Morgan fingerprint density at radius 3 is 1.23 bits per heavy atom. The summed E-state index contributed by atoms with van der Waals surface area (Å²) in [6.07, 6.45) is 0. The Morgan fingerprint density at radius 2 is 0.885 bits per heavy atom. The molecule has 3 aromatic rings. The smallest absolute Gasteiger partial charge is 0.196 e. The van der Waals surface area contributed by atoms with E-state index in [4.69, 9.17) is 0 Å². The van der Waals surface area contributed by atoms with Crippen molar-refractivity contribution in [1.29, 1.82) is 0 Å². The van der Waals surface area contributed by atoms with Crippen molar-refractivity contribution < 1.29 is 30.0 Å². The molecule has 0 spiro atoms. The molecule has 26 heavy (non-hydrogen) atoms. The van der Waals surface area contributed by atoms with E-state index in [0.717, 1.165) is 0 Å². The van der Waals surface area contributed by atoms with Crippen molar-refractivity contribution >= 4 is 11.6 Å². The van der Waals surface area contributed by atoms with E-state index in [-0.39, 0.29) is 22.3 Å². The summed E-state index contributed by atoms with van der Waals surface area (Å²) in [6.45, 7) is 0. The highest BCUT2D eigenvalue weighted by Gasteiger charge is 2.18. The monoisotopic (exact) mass is 350 g/mol. The third-order valence-electron chi connectivity index (χ3n) is 3.93. The van der Waals surface area contributed by atoms with E-state index < -0.39 is 34.6 Å². The third kappa shape index (κ3) is 2.95. The Morgan fingerprint density at radius 1 is 0.538 bits per heavy atom. The van der Waals surface area contributed by atoms with E-state index in [1.807, 2.05) is 0 Å². The molecule has 0 aromatic heterocycles. The lowest BCUT2D eigenvalue weighted by molar-refractivity contribution is 0.102. The highest BCUT2D eigenvalue weighted by atomic mass is 16.3. The van der Waals surface area contributed by atoms with Crippen molar-refractivity contribution in [2.45, 2.75) is 0 Å². The molecule has 0 fully saturated rings. The predicted octanol–water partition coefficient (Wildman–Crippen LogP) is 2.97. The zero-order chi connectivity index (χ0) is 18.8. The molecule has 0 unspecified atom stereocenters. The molecule has 3 aromatic carbocycles. The lowest BCUT2D eigenvalue weighted by atomic mass is 9.97. The molecule has 6 heteroatoms. The first kappa shape index (κ1) is 17.0. The van der Waals surface area contributed by atoms with Crippen molar-refractivity contribution in [3.8, 4) is 23.0 Å². The van der Waals surface area contributed by atoms with Crippen LogP contribution in [0.4, 0.5) is 0 Å². The SMILES string of the molecule is O=C(c1ccc(C(=O)c2cccc(O)c2O)cc1)c1cccc(O)c1O. The zero-order valence-corrected chi connectivity index (χ0v) is 13.4. The number of hydrogen-bond donors (Lipinski definition) is 4. The van der Waals surface area contributed by atoms with Gasteiger partial charge >= 0.3 is 0 Å². The van der Waals surface area contributed by atoms with Crippen LogP contribution < -0.4 is 0 Å². The molecule has 0 heterocycles. The van der Waals surface area contributed by atoms with E-state index in [1.165, 1.54) is 60.7 Å². The number of benzene rings is 3. The fraction of sp³-hybridized carbons (Fsp3) is 0. The van der Waals surface area contributed by atoms with E-state index in [9.17, 15) is 30.0 Å². The summed E-state index contributed by atoms with van der Waals surface area (Å²) in [7, 11) is 0. The molecule has 0 aliphatic carbocycles. The van der Waals surface area contributed by atoms with Crippen molar-refractivity contribution in [2.75, 3.05) is 0 Å². The number of rotatable bonds is 4. The van der Waals surface area contributed by atoms with Crippen molar-refractivity contribution in [3.05, 3.63) is 82.9 Å². The average Bonchev–Trinajstić information content (AvgIpc) is 2.65. The lowest BCUT2D eigenvalue weighted by Gasteiger charge is -2.07. The second-order valence-corrected chi connectivity index (χ2v) is 5.58. The number of hydrogen-bond acceptors (Lipinski definition) is 6. The summed E-state index contributed by atoms with van der Waals surface area (Å²) >= 11 is 0. The van der Waals surface area contributed by atoms with Gasteiger partial charge in [-0.2, -0.15) is 0 Å². The summed E-state index contributed by atoms with van der Waals surface area (Å²) in [5.74, 6) is -2.86. The van der Waals surface area contributed by atoms with Gasteiger partial charge in [-0.15, -0.1) is 0 Å². The van der Waals surface area contributed by atoms with Gasteiger partial charge in [0.1, 0.15) is 0 Å². The number of phenols is 4. The Labute approximate surface area is 148 Å². The minimum absolute atomic E-state index is 0.0605. The van der Waals surface area contributed by atoms with E-state index in [1.54, 1.807) is 0 Å². The van der Waals surface area contributed by atoms with Gasteiger partial charge in [0.15, 0.2) is 34.6 Å². The number of ketones is 2. The second kappa shape index (κ2) is 6.60. The Bertz CT molecular complexity index is 923. The van der Waals surface area contributed by atoms with Gasteiger partial charge in [0.05, 0.1) is 11.1 Å².